The Balaban J connectivity index is 2.27. The lowest BCUT2D eigenvalue weighted by Crippen LogP contribution is -2.39. The second-order valence-corrected chi connectivity index (χ2v) is 5.73. The van der Waals surface area contributed by atoms with Crippen molar-refractivity contribution in [1.82, 2.24) is 0 Å². The van der Waals surface area contributed by atoms with E-state index in [9.17, 15) is 5.11 Å². The molecule has 94 valence electrons. The average Bonchev–Trinajstić information content (AvgIpc) is 2.66. The number of nitrogens with two attached hydrogens (primary N) is 1. The first-order chi connectivity index (χ1) is 8.07. The van der Waals surface area contributed by atoms with Crippen LogP contribution in [0.2, 0.25) is 10.0 Å². The third-order valence-corrected chi connectivity index (χ3v) is 4.42. The number of aliphatic hydroxyl groups excluding tert-OH is 1. The predicted molar refractivity (Wildman–Crippen MR) is 71.5 cm³/mol. The molecule has 1 aliphatic carbocycles. The topological polar surface area (TPSA) is 46.2 Å². The van der Waals surface area contributed by atoms with Gasteiger partial charge >= 0.3 is 0 Å². The van der Waals surface area contributed by atoms with E-state index in [1.54, 1.807) is 12.1 Å². The summed E-state index contributed by atoms with van der Waals surface area (Å²) in [6.45, 7) is 0.483. The van der Waals surface area contributed by atoms with Crippen molar-refractivity contribution >= 4 is 23.2 Å². The fourth-order valence-corrected chi connectivity index (χ4v) is 3.07. The van der Waals surface area contributed by atoms with E-state index in [2.05, 4.69) is 0 Å². The van der Waals surface area contributed by atoms with Gasteiger partial charge in [-0.2, -0.15) is 0 Å². The minimum Gasteiger partial charge on any atom is -0.392 e. The van der Waals surface area contributed by atoms with Crippen LogP contribution in [-0.2, 0) is 6.42 Å². The van der Waals surface area contributed by atoms with Crippen molar-refractivity contribution in [3.63, 3.8) is 0 Å². The smallest absolute Gasteiger partial charge is 0.0611 e. The van der Waals surface area contributed by atoms with Crippen LogP contribution < -0.4 is 5.73 Å². The van der Waals surface area contributed by atoms with Crippen molar-refractivity contribution in [2.75, 3.05) is 6.54 Å². The molecule has 0 radical (unpaired) electrons. The molecule has 2 rings (SSSR count). The van der Waals surface area contributed by atoms with Crippen LogP contribution in [0.3, 0.4) is 0 Å². The summed E-state index contributed by atoms with van der Waals surface area (Å²) in [6, 6.07) is 5.44. The van der Waals surface area contributed by atoms with Crippen LogP contribution in [0.25, 0.3) is 0 Å². The summed E-state index contributed by atoms with van der Waals surface area (Å²) in [7, 11) is 0. The minimum atomic E-state index is -0.331. The van der Waals surface area contributed by atoms with Gasteiger partial charge in [0.25, 0.3) is 0 Å². The van der Waals surface area contributed by atoms with Crippen molar-refractivity contribution in [3.05, 3.63) is 33.8 Å². The molecule has 0 bridgehead atoms. The van der Waals surface area contributed by atoms with Gasteiger partial charge in [-0.25, -0.2) is 0 Å². The van der Waals surface area contributed by atoms with E-state index in [0.29, 0.717) is 23.0 Å². The molecule has 0 amide bonds. The Morgan fingerprint density at radius 3 is 2.76 bits per heavy atom. The van der Waals surface area contributed by atoms with Gasteiger partial charge in [0.2, 0.25) is 0 Å². The van der Waals surface area contributed by atoms with Gasteiger partial charge in [0.1, 0.15) is 0 Å². The van der Waals surface area contributed by atoms with Crippen LogP contribution in [0.1, 0.15) is 24.8 Å². The molecule has 0 spiro atoms. The van der Waals surface area contributed by atoms with Gasteiger partial charge in [-0.15, -0.1) is 0 Å². The molecule has 1 aromatic rings. The van der Waals surface area contributed by atoms with Gasteiger partial charge in [0.15, 0.2) is 0 Å². The monoisotopic (exact) mass is 273 g/mol. The molecule has 1 fully saturated rings. The van der Waals surface area contributed by atoms with Crippen molar-refractivity contribution in [2.24, 2.45) is 11.1 Å². The van der Waals surface area contributed by atoms with Gasteiger partial charge in [-0.1, -0.05) is 29.6 Å². The fourth-order valence-electron chi connectivity index (χ4n) is 2.69. The highest BCUT2D eigenvalue weighted by atomic mass is 35.5. The summed E-state index contributed by atoms with van der Waals surface area (Å²) >= 11 is 12.1. The highest BCUT2D eigenvalue weighted by molar-refractivity contribution is 6.33. The Morgan fingerprint density at radius 1 is 1.41 bits per heavy atom. The third-order valence-electron chi connectivity index (χ3n) is 3.82. The highest BCUT2D eigenvalue weighted by Crippen LogP contribution is 2.41. The Bertz CT molecular complexity index is 410. The number of rotatable bonds is 3. The van der Waals surface area contributed by atoms with E-state index in [-0.39, 0.29) is 11.5 Å². The second kappa shape index (κ2) is 5.15. The summed E-state index contributed by atoms with van der Waals surface area (Å²) in [6.07, 6.45) is 3.17. The lowest BCUT2D eigenvalue weighted by atomic mass is 9.78. The molecule has 0 heterocycles. The molecule has 1 saturated carbocycles. The zero-order valence-corrected chi connectivity index (χ0v) is 11.1. The van der Waals surface area contributed by atoms with Crippen LogP contribution in [0, 0.1) is 5.41 Å². The number of halogens is 2. The average molecular weight is 274 g/mol. The Hall–Kier alpha value is -0.280. The zero-order valence-electron chi connectivity index (χ0n) is 9.63. The maximum absolute atomic E-state index is 10.1. The predicted octanol–water partition coefficient (Wildman–Crippen LogP) is 3.03. The van der Waals surface area contributed by atoms with Crippen LogP contribution in [0.15, 0.2) is 18.2 Å². The van der Waals surface area contributed by atoms with Gasteiger partial charge < -0.3 is 10.8 Å². The van der Waals surface area contributed by atoms with Gasteiger partial charge in [-0.05, 0) is 43.0 Å². The second-order valence-electron chi connectivity index (χ2n) is 4.89. The SMILES string of the molecule is NCC1(Cc2cc(Cl)ccc2Cl)CCCC1O. The largest absolute Gasteiger partial charge is 0.392 e. The Kier molecular flexibility index (Phi) is 3.99. The van der Waals surface area contributed by atoms with E-state index in [0.717, 1.165) is 24.8 Å². The molecule has 0 aliphatic heterocycles. The highest BCUT2D eigenvalue weighted by Gasteiger charge is 2.41. The maximum atomic E-state index is 10.1. The molecular weight excluding hydrogens is 257 g/mol. The van der Waals surface area contributed by atoms with E-state index >= 15 is 0 Å². The summed E-state index contributed by atoms with van der Waals surface area (Å²) in [4.78, 5) is 0. The zero-order chi connectivity index (χ0) is 12.5. The lowest BCUT2D eigenvalue weighted by molar-refractivity contribution is 0.0588. The molecule has 4 heteroatoms. The molecule has 0 saturated heterocycles. The molecule has 2 nitrogen and oxygen atoms in total. The minimum absolute atomic E-state index is 0.228. The molecule has 2 unspecified atom stereocenters. The molecule has 2 atom stereocenters. The van der Waals surface area contributed by atoms with Crippen LogP contribution in [-0.4, -0.2) is 17.8 Å². The quantitative estimate of drug-likeness (QED) is 0.890. The van der Waals surface area contributed by atoms with Crippen molar-refractivity contribution in [2.45, 2.75) is 31.8 Å². The summed E-state index contributed by atoms with van der Waals surface area (Å²) < 4.78 is 0. The number of benzene rings is 1. The lowest BCUT2D eigenvalue weighted by Gasteiger charge is -2.31. The van der Waals surface area contributed by atoms with E-state index in [4.69, 9.17) is 28.9 Å². The molecule has 1 aliphatic rings. The fraction of sp³-hybridized carbons (Fsp3) is 0.538. The Morgan fingerprint density at radius 2 is 2.18 bits per heavy atom. The van der Waals surface area contributed by atoms with Gasteiger partial charge in [-0.3, -0.25) is 0 Å². The standard InChI is InChI=1S/C13H17Cl2NO/c14-10-3-4-11(15)9(6-10)7-13(8-16)5-1-2-12(13)17/h3-4,6,12,17H,1-2,5,7-8,16H2. The first-order valence-corrected chi connectivity index (χ1v) is 6.65. The number of aliphatic hydroxyl groups is 1. The van der Waals surface area contributed by atoms with Crippen LogP contribution in [0.5, 0.6) is 0 Å². The van der Waals surface area contributed by atoms with Crippen LogP contribution >= 0.6 is 23.2 Å². The van der Waals surface area contributed by atoms with Crippen molar-refractivity contribution in [3.8, 4) is 0 Å². The van der Waals surface area contributed by atoms with Crippen molar-refractivity contribution < 1.29 is 5.11 Å². The summed E-state index contributed by atoms with van der Waals surface area (Å²) in [5.74, 6) is 0. The van der Waals surface area contributed by atoms with Gasteiger partial charge in [0.05, 0.1) is 6.10 Å². The summed E-state index contributed by atoms with van der Waals surface area (Å²) in [5, 5.41) is 11.5. The number of hydrogen-bond donors (Lipinski definition) is 2. The van der Waals surface area contributed by atoms with Crippen molar-refractivity contribution in [1.29, 1.82) is 0 Å². The maximum Gasteiger partial charge on any atom is 0.0611 e. The Labute approximate surface area is 112 Å². The third kappa shape index (κ3) is 2.60. The van der Waals surface area contributed by atoms with Gasteiger partial charge in [0, 0.05) is 22.0 Å². The number of hydrogen-bond acceptors (Lipinski definition) is 2. The molecular formula is C13H17Cl2NO. The van der Waals surface area contributed by atoms with Crippen LogP contribution in [0.4, 0.5) is 0 Å². The van der Waals surface area contributed by atoms with E-state index < -0.39 is 0 Å². The molecule has 1 aromatic carbocycles. The molecule has 3 N–H and O–H groups in total. The molecule has 17 heavy (non-hydrogen) atoms. The van der Waals surface area contributed by atoms with E-state index in [1.807, 2.05) is 6.07 Å². The molecule has 0 aromatic heterocycles. The first-order valence-electron chi connectivity index (χ1n) is 5.89. The normalized spacial score (nSPS) is 28.6. The summed E-state index contributed by atoms with van der Waals surface area (Å²) in [5.41, 5.74) is 6.61. The van der Waals surface area contributed by atoms with E-state index in [1.165, 1.54) is 0 Å². The first kappa shape index (κ1) is 13.2.